The van der Waals surface area contributed by atoms with Crippen LogP contribution in [0.5, 0.6) is 0 Å². The zero-order valence-electron chi connectivity index (χ0n) is 8.25. The summed E-state index contributed by atoms with van der Waals surface area (Å²) in [7, 11) is 0. The Hall–Kier alpha value is -0.710. The average molecular weight is 217 g/mol. The Bertz CT molecular complexity index is 220. The Morgan fingerprint density at radius 2 is 2.50 bits per heavy atom. The maximum Gasteiger partial charge on any atom is 0.306 e. The molecule has 0 bridgehead atoms. The van der Waals surface area contributed by atoms with Gasteiger partial charge in [-0.25, -0.2) is 0 Å². The molecule has 1 heterocycles. The summed E-state index contributed by atoms with van der Waals surface area (Å²) in [6.07, 6.45) is 1.90. The van der Waals surface area contributed by atoms with Crippen molar-refractivity contribution in [2.24, 2.45) is 0 Å². The number of esters is 1. The summed E-state index contributed by atoms with van der Waals surface area (Å²) < 4.78 is 4.79. The first-order chi connectivity index (χ1) is 6.72. The lowest BCUT2D eigenvalue weighted by Crippen LogP contribution is -2.22. The van der Waals surface area contributed by atoms with E-state index in [0.717, 1.165) is 6.42 Å². The Balaban J connectivity index is 2.04. The third kappa shape index (κ3) is 4.00. The molecule has 5 heteroatoms. The zero-order valence-corrected chi connectivity index (χ0v) is 9.06. The number of nitrogens with one attached hydrogen (secondary N) is 1. The van der Waals surface area contributed by atoms with E-state index in [0.29, 0.717) is 25.2 Å². The number of ether oxygens (including phenoxy) is 1. The minimum atomic E-state index is -0.163. The summed E-state index contributed by atoms with van der Waals surface area (Å²) in [6.45, 7) is 2.23. The molecule has 4 nitrogen and oxygen atoms in total. The van der Waals surface area contributed by atoms with E-state index >= 15 is 0 Å². The van der Waals surface area contributed by atoms with Gasteiger partial charge in [-0.3, -0.25) is 9.59 Å². The van der Waals surface area contributed by atoms with Gasteiger partial charge in [0.05, 0.1) is 18.4 Å². The smallest absolute Gasteiger partial charge is 0.306 e. The quantitative estimate of drug-likeness (QED) is 0.695. The van der Waals surface area contributed by atoms with Crippen molar-refractivity contribution in [3.63, 3.8) is 0 Å². The molecule has 0 spiro atoms. The lowest BCUT2D eigenvalue weighted by Gasteiger charge is -2.08. The van der Waals surface area contributed by atoms with E-state index in [1.165, 1.54) is 0 Å². The summed E-state index contributed by atoms with van der Waals surface area (Å²) in [6, 6.07) is 0. The second-order valence-corrected chi connectivity index (χ2v) is 4.33. The van der Waals surface area contributed by atoms with E-state index in [1.807, 2.05) is 0 Å². The Morgan fingerprint density at radius 1 is 1.71 bits per heavy atom. The van der Waals surface area contributed by atoms with Gasteiger partial charge in [-0.05, 0) is 13.3 Å². The molecule has 0 aliphatic carbocycles. The number of carbonyl (C=O) groups excluding carboxylic acids is 2. The summed E-state index contributed by atoms with van der Waals surface area (Å²) in [4.78, 5) is 21.8. The Morgan fingerprint density at radius 3 is 3.07 bits per heavy atom. The zero-order chi connectivity index (χ0) is 10.4. The average Bonchev–Trinajstić information content (AvgIpc) is 2.52. The summed E-state index contributed by atoms with van der Waals surface area (Å²) >= 11 is 1.61. The van der Waals surface area contributed by atoms with Gasteiger partial charge in [0.15, 0.2) is 0 Å². The SMILES string of the molecule is CCOC(=O)CCSC1CCC(=O)N1. The van der Waals surface area contributed by atoms with Crippen LogP contribution in [-0.2, 0) is 14.3 Å². The first-order valence-electron chi connectivity index (χ1n) is 4.79. The van der Waals surface area contributed by atoms with Crippen molar-refractivity contribution in [2.75, 3.05) is 12.4 Å². The van der Waals surface area contributed by atoms with Crippen molar-refractivity contribution in [3.05, 3.63) is 0 Å². The molecule has 1 N–H and O–H groups in total. The molecule has 0 aromatic heterocycles. The molecule has 1 atom stereocenters. The van der Waals surface area contributed by atoms with Gasteiger partial charge in [0.1, 0.15) is 0 Å². The highest BCUT2D eigenvalue weighted by atomic mass is 32.2. The van der Waals surface area contributed by atoms with Gasteiger partial charge in [-0.2, -0.15) is 0 Å². The Labute approximate surface area is 87.8 Å². The molecule has 80 valence electrons. The minimum Gasteiger partial charge on any atom is -0.466 e. The van der Waals surface area contributed by atoms with Crippen molar-refractivity contribution in [1.82, 2.24) is 5.32 Å². The van der Waals surface area contributed by atoms with Gasteiger partial charge < -0.3 is 10.1 Å². The van der Waals surface area contributed by atoms with Gasteiger partial charge in [-0.15, -0.1) is 11.8 Å². The number of carbonyl (C=O) groups is 2. The van der Waals surface area contributed by atoms with E-state index < -0.39 is 0 Å². The molecule has 14 heavy (non-hydrogen) atoms. The molecule has 0 aromatic rings. The van der Waals surface area contributed by atoms with Crippen LogP contribution in [0.3, 0.4) is 0 Å². The van der Waals surface area contributed by atoms with Gasteiger partial charge in [0.25, 0.3) is 0 Å². The predicted molar refractivity (Wildman–Crippen MR) is 54.9 cm³/mol. The molecule has 0 aromatic carbocycles. The van der Waals surface area contributed by atoms with Crippen LogP contribution in [0.15, 0.2) is 0 Å². The molecular weight excluding hydrogens is 202 g/mol. The molecule has 1 rings (SSSR count). The standard InChI is InChI=1S/C9H15NO3S/c1-2-13-9(12)5-6-14-8-4-3-7(11)10-8/h8H,2-6H2,1H3,(H,10,11). The largest absolute Gasteiger partial charge is 0.466 e. The number of rotatable bonds is 5. The third-order valence-corrected chi connectivity index (χ3v) is 3.08. The molecule has 1 amide bonds. The second kappa shape index (κ2) is 5.90. The maximum absolute atomic E-state index is 11.0. The predicted octanol–water partition coefficient (Wildman–Crippen LogP) is 0.909. The first kappa shape index (κ1) is 11.4. The lowest BCUT2D eigenvalue weighted by molar-refractivity contribution is -0.142. The normalized spacial score (nSPS) is 20.6. The monoisotopic (exact) mass is 217 g/mol. The van der Waals surface area contributed by atoms with Gasteiger partial charge in [0.2, 0.25) is 5.91 Å². The van der Waals surface area contributed by atoms with E-state index in [2.05, 4.69) is 5.32 Å². The minimum absolute atomic E-state index is 0.110. The highest BCUT2D eigenvalue weighted by Gasteiger charge is 2.20. The fraction of sp³-hybridized carbons (Fsp3) is 0.778. The number of hydrogen-bond acceptors (Lipinski definition) is 4. The highest BCUT2D eigenvalue weighted by Crippen LogP contribution is 2.19. The Kier molecular flexibility index (Phi) is 4.79. The van der Waals surface area contributed by atoms with Gasteiger partial charge in [0, 0.05) is 12.2 Å². The molecular formula is C9H15NO3S. The van der Waals surface area contributed by atoms with Crippen LogP contribution in [0.25, 0.3) is 0 Å². The van der Waals surface area contributed by atoms with E-state index in [4.69, 9.17) is 4.74 Å². The van der Waals surface area contributed by atoms with E-state index in [-0.39, 0.29) is 17.3 Å². The first-order valence-corrected chi connectivity index (χ1v) is 5.84. The van der Waals surface area contributed by atoms with Gasteiger partial charge in [-0.1, -0.05) is 0 Å². The van der Waals surface area contributed by atoms with Crippen LogP contribution in [0.4, 0.5) is 0 Å². The van der Waals surface area contributed by atoms with Crippen LogP contribution in [0.2, 0.25) is 0 Å². The summed E-state index contributed by atoms with van der Waals surface area (Å²) in [5, 5.41) is 3.02. The van der Waals surface area contributed by atoms with E-state index in [1.54, 1.807) is 18.7 Å². The van der Waals surface area contributed by atoms with Crippen molar-refractivity contribution in [1.29, 1.82) is 0 Å². The molecule has 0 saturated carbocycles. The second-order valence-electron chi connectivity index (χ2n) is 3.02. The molecule has 1 fully saturated rings. The maximum atomic E-state index is 11.0. The van der Waals surface area contributed by atoms with Crippen LogP contribution in [-0.4, -0.2) is 29.6 Å². The summed E-state index contributed by atoms with van der Waals surface area (Å²) in [5.41, 5.74) is 0. The molecule has 1 saturated heterocycles. The summed E-state index contributed by atoms with van der Waals surface area (Å²) in [5.74, 6) is 0.659. The number of thioether (sulfide) groups is 1. The lowest BCUT2D eigenvalue weighted by atomic mass is 10.4. The number of hydrogen-bond donors (Lipinski definition) is 1. The van der Waals surface area contributed by atoms with E-state index in [9.17, 15) is 9.59 Å². The van der Waals surface area contributed by atoms with Crippen molar-refractivity contribution < 1.29 is 14.3 Å². The van der Waals surface area contributed by atoms with Crippen molar-refractivity contribution >= 4 is 23.6 Å². The third-order valence-electron chi connectivity index (χ3n) is 1.89. The van der Waals surface area contributed by atoms with Gasteiger partial charge >= 0.3 is 5.97 Å². The number of amides is 1. The molecule has 1 unspecified atom stereocenters. The van der Waals surface area contributed by atoms with Crippen LogP contribution < -0.4 is 5.32 Å². The molecule has 0 radical (unpaired) electrons. The molecule has 1 aliphatic heterocycles. The molecule has 1 aliphatic rings. The van der Waals surface area contributed by atoms with Crippen LogP contribution >= 0.6 is 11.8 Å². The fourth-order valence-electron chi connectivity index (χ4n) is 1.23. The van der Waals surface area contributed by atoms with Crippen LogP contribution in [0, 0.1) is 0 Å². The van der Waals surface area contributed by atoms with Crippen molar-refractivity contribution in [3.8, 4) is 0 Å². The highest BCUT2D eigenvalue weighted by molar-refractivity contribution is 7.99. The van der Waals surface area contributed by atoms with Crippen molar-refractivity contribution in [2.45, 2.75) is 31.6 Å². The fourth-order valence-corrected chi connectivity index (χ4v) is 2.30. The van der Waals surface area contributed by atoms with Crippen LogP contribution in [0.1, 0.15) is 26.2 Å². The topological polar surface area (TPSA) is 55.4 Å².